The molecule has 21 heavy (non-hydrogen) atoms. The van der Waals surface area contributed by atoms with Crippen LogP contribution < -0.4 is 15.2 Å². The molecule has 0 saturated heterocycles. The number of halogens is 1. The number of hydrogen-bond donors (Lipinski definition) is 1. The molecular weight excluding hydrogens is 330 g/mol. The van der Waals surface area contributed by atoms with Gasteiger partial charge in [0.1, 0.15) is 11.5 Å². The molecule has 0 saturated carbocycles. The van der Waals surface area contributed by atoms with Crippen LogP contribution in [-0.4, -0.2) is 14.2 Å². The van der Waals surface area contributed by atoms with Crippen LogP contribution in [0.5, 0.6) is 11.5 Å². The molecule has 0 spiro atoms. The second-order valence-electron chi connectivity index (χ2n) is 4.95. The van der Waals surface area contributed by atoms with E-state index in [0.717, 1.165) is 21.5 Å². The molecule has 2 aromatic rings. The summed E-state index contributed by atoms with van der Waals surface area (Å²) in [6, 6.07) is 13.9. The first-order chi connectivity index (χ1) is 10.1. The molecule has 0 aromatic heterocycles. The molecule has 112 valence electrons. The van der Waals surface area contributed by atoms with E-state index in [2.05, 4.69) is 35.0 Å². The smallest absolute Gasteiger partial charge is 0.133 e. The van der Waals surface area contributed by atoms with Gasteiger partial charge in [-0.05, 0) is 33.6 Å². The van der Waals surface area contributed by atoms with Crippen molar-refractivity contribution in [2.24, 2.45) is 5.73 Å². The van der Waals surface area contributed by atoms with Crippen molar-refractivity contribution in [3.8, 4) is 11.5 Å². The van der Waals surface area contributed by atoms with E-state index in [1.54, 1.807) is 14.2 Å². The van der Waals surface area contributed by atoms with Gasteiger partial charge in [-0.15, -0.1) is 0 Å². The van der Waals surface area contributed by atoms with Crippen LogP contribution in [0.25, 0.3) is 0 Å². The Morgan fingerprint density at radius 1 is 1.00 bits per heavy atom. The molecule has 2 unspecified atom stereocenters. The Morgan fingerprint density at radius 2 is 1.62 bits per heavy atom. The molecule has 4 heteroatoms. The lowest BCUT2D eigenvalue weighted by Gasteiger charge is -2.23. The fourth-order valence-electron chi connectivity index (χ4n) is 2.38. The van der Waals surface area contributed by atoms with Crippen molar-refractivity contribution < 1.29 is 9.47 Å². The zero-order chi connectivity index (χ0) is 15.4. The van der Waals surface area contributed by atoms with Crippen molar-refractivity contribution in [1.29, 1.82) is 0 Å². The maximum Gasteiger partial charge on any atom is 0.133 e. The maximum atomic E-state index is 6.47. The quantitative estimate of drug-likeness (QED) is 0.876. The summed E-state index contributed by atoms with van der Waals surface area (Å²) in [6.07, 6.45) is 0. The van der Waals surface area contributed by atoms with E-state index in [1.807, 2.05) is 30.3 Å². The summed E-state index contributed by atoms with van der Waals surface area (Å²) >= 11 is 3.47. The maximum absolute atomic E-state index is 6.47. The molecule has 0 heterocycles. The highest BCUT2D eigenvalue weighted by Gasteiger charge is 2.22. The summed E-state index contributed by atoms with van der Waals surface area (Å²) in [5.41, 5.74) is 8.61. The highest BCUT2D eigenvalue weighted by atomic mass is 79.9. The molecule has 2 aromatic carbocycles. The Kier molecular flexibility index (Phi) is 5.26. The third-order valence-corrected chi connectivity index (χ3v) is 4.35. The van der Waals surface area contributed by atoms with Gasteiger partial charge in [0.2, 0.25) is 0 Å². The van der Waals surface area contributed by atoms with Gasteiger partial charge in [-0.3, -0.25) is 0 Å². The molecule has 0 amide bonds. The minimum atomic E-state index is -0.177. The van der Waals surface area contributed by atoms with Crippen molar-refractivity contribution in [2.75, 3.05) is 14.2 Å². The first kappa shape index (κ1) is 15.9. The molecule has 0 fully saturated rings. The van der Waals surface area contributed by atoms with E-state index in [4.69, 9.17) is 15.2 Å². The minimum Gasteiger partial charge on any atom is -0.496 e. The van der Waals surface area contributed by atoms with Crippen molar-refractivity contribution >= 4 is 15.9 Å². The van der Waals surface area contributed by atoms with Gasteiger partial charge < -0.3 is 15.2 Å². The Morgan fingerprint density at radius 3 is 2.19 bits per heavy atom. The monoisotopic (exact) mass is 349 g/mol. The van der Waals surface area contributed by atoms with Crippen molar-refractivity contribution in [2.45, 2.75) is 18.9 Å². The Hall–Kier alpha value is -1.52. The van der Waals surface area contributed by atoms with Crippen molar-refractivity contribution in [3.63, 3.8) is 0 Å². The van der Waals surface area contributed by atoms with E-state index in [-0.39, 0.29) is 12.0 Å². The average Bonchev–Trinajstić information content (AvgIpc) is 2.54. The Balaban J connectivity index is 2.40. The summed E-state index contributed by atoms with van der Waals surface area (Å²) in [6.45, 7) is 2.12. The van der Waals surface area contributed by atoms with Crippen LogP contribution in [0.2, 0.25) is 0 Å². The van der Waals surface area contributed by atoms with Gasteiger partial charge in [0.05, 0.1) is 18.7 Å². The zero-order valence-corrected chi connectivity index (χ0v) is 14.1. The van der Waals surface area contributed by atoms with E-state index in [0.29, 0.717) is 0 Å². The summed E-state index contributed by atoms with van der Waals surface area (Å²) in [7, 11) is 3.29. The molecule has 0 bridgehead atoms. The van der Waals surface area contributed by atoms with Crippen molar-refractivity contribution in [3.05, 3.63) is 58.1 Å². The van der Waals surface area contributed by atoms with Crippen LogP contribution >= 0.6 is 15.9 Å². The number of hydrogen-bond acceptors (Lipinski definition) is 3. The van der Waals surface area contributed by atoms with Gasteiger partial charge >= 0.3 is 0 Å². The topological polar surface area (TPSA) is 44.5 Å². The molecule has 2 rings (SSSR count). The van der Waals surface area contributed by atoms with Crippen LogP contribution in [0.3, 0.4) is 0 Å². The SMILES string of the molecule is COc1cc(C(N)C(C)c2ccccc2)c(OC)cc1Br. The molecule has 0 aliphatic heterocycles. The van der Waals surface area contributed by atoms with E-state index in [1.165, 1.54) is 5.56 Å². The first-order valence-corrected chi connectivity index (χ1v) is 7.59. The fraction of sp³-hybridized carbons (Fsp3) is 0.294. The van der Waals surface area contributed by atoms with Crippen LogP contribution in [0.1, 0.15) is 30.0 Å². The number of ether oxygens (including phenoxy) is 2. The molecule has 0 radical (unpaired) electrons. The van der Waals surface area contributed by atoms with Gasteiger partial charge in [0.25, 0.3) is 0 Å². The number of benzene rings is 2. The first-order valence-electron chi connectivity index (χ1n) is 6.80. The van der Waals surface area contributed by atoms with Gasteiger partial charge in [-0.1, -0.05) is 37.3 Å². The standard InChI is InChI=1S/C17H20BrNO2/c1-11(12-7-5-4-6-8-12)17(19)13-9-16(21-3)14(18)10-15(13)20-2/h4-11,17H,19H2,1-3H3. The lowest BCUT2D eigenvalue weighted by atomic mass is 9.88. The molecule has 0 aliphatic carbocycles. The van der Waals surface area contributed by atoms with Crippen molar-refractivity contribution in [1.82, 2.24) is 0 Å². The Bertz CT molecular complexity index is 601. The van der Waals surface area contributed by atoms with Crippen LogP contribution in [0.4, 0.5) is 0 Å². The molecule has 0 aliphatic rings. The van der Waals surface area contributed by atoms with Gasteiger partial charge in [0, 0.05) is 17.5 Å². The van der Waals surface area contributed by atoms with Gasteiger partial charge in [-0.2, -0.15) is 0 Å². The molecule has 2 N–H and O–H groups in total. The average molecular weight is 350 g/mol. The zero-order valence-electron chi connectivity index (χ0n) is 12.5. The summed E-state index contributed by atoms with van der Waals surface area (Å²) in [5, 5.41) is 0. The fourth-order valence-corrected chi connectivity index (χ4v) is 2.86. The minimum absolute atomic E-state index is 0.172. The molecule has 3 nitrogen and oxygen atoms in total. The van der Waals surface area contributed by atoms with E-state index < -0.39 is 0 Å². The predicted molar refractivity (Wildman–Crippen MR) is 89.0 cm³/mol. The summed E-state index contributed by atoms with van der Waals surface area (Å²) in [5.74, 6) is 1.69. The third kappa shape index (κ3) is 3.39. The van der Waals surface area contributed by atoms with Crippen LogP contribution in [0, 0.1) is 0 Å². The van der Waals surface area contributed by atoms with E-state index in [9.17, 15) is 0 Å². The highest BCUT2D eigenvalue weighted by Crippen LogP contribution is 2.39. The number of rotatable bonds is 5. The summed E-state index contributed by atoms with van der Waals surface area (Å²) in [4.78, 5) is 0. The van der Waals surface area contributed by atoms with Crippen LogP contribution in [0.15, 0.2) is 46.9 Å². The second-order valence-corrected chi connectivity index (χ2v) is 5.81. The lowest BCUT2D eigenvalue weighted by molar-refractivity contribution is 0.390. The highest BCUT2D eigenvalue weighted by molar-refractivity contribution is 9.10. The van der Waals surface area contributed by atoms with Gasteiger partial charge in [0.15, 0.2) is 0 Å². The molecule has 2 atom stereocenters. The summed E-state index contributed by atoms with van der Waals surface area (Å²) < 4.78 is 11.7. The predicted octanol–water partition coefficient (Wildman–Crippen LogP) is 4.27. The largest absolute Gasteiger partial charge is 0.496 e. The lowest BCUT2D eigenvalue weighted by Crippen LogP contribution is -2.18. The normalized spacial score (nSPS) is 13.6. The van der Waals surface area contributed by atoms with E-state index >= 15 is 0 Å². The van der Waals surface area contributed by atoms with Crippen LogP contribution in [-0.2, 0) is 0 Å². The van der Waals surface area contributed by atoms with Gasteiger partial charge in [-0.25, -0.2) is 0 Å². The number of methoxy groups -OCH3 is 2. The second kappa shape index (κ2) is 6.96. The Labute approximate surface area is 134 Å². The third-order valence-electron chi connectivity index (χ3n) is 3.73. The molecular formula is C17H20BrNO2. The number of nitrogens with two attached hydrogens (primary N) is 1.